The number of phenolic OH excluding ortho intramolecular Hbond substituents is 1. The molecule has 5 fully saturated rings. The van der Waals surface area contributed by atoms with E-state index >= 15 is 8.78 Å². The van der Waals surface area contributed by atoms with E-state index < -0.39 is 54.0 Å². The lowest BCUT2D eigenvalue weighted by molar-refractivity contribution is -0.106. The Morgan fingerprint density at radius 3 is 1.25 bits per heavy atom. The molecule has 1 N–H and O–H groups in total. The largest absolute Gasteiger partial charge is 0.508 e. The van der Waals surface area contributed by atoms with Crippen molar-refractivity contribution >= 4 is 11.6 Å². The Balaban J connectivity index is 0.000000173. The summed E-state index contributed by atoms with van der Waals surface area (Å²) in [7, 11) is 0. The van der Waals surface area contributed by atoms with E-state index in [-0.39, 0.29) is 58.2 Å². The lowest BCUT2D eigenvalue weighted by Crippen LogP contribution is -2.35. The maximum atomic E-state index is 15.7. The minimum absolute atomic E-state index is 0.0748. The Hall–Kier alpha value is -7.28. The number of ether oxygens (including phenoxy) is 11. The molecule has 8 unspecified atom stereocenters. The van der Waals surface area contributed by atoms with Gasteiger partial charge in [-0.3, -0.25) is 14.5 Å². The van der Waals surface area contributed by atoms with Crippen LogP contribution in [0.4, 0.5) is 8.78 Å². The number of carbonyl (C=O) groups is 2. The lowest BCUT2D eigenvalue weighted by Gasteiger charge is -2.34. The number of carbonyl (C=O) groups excluding carboxylic acids is 2. The van der Waals surface area contributed by atoms with Gasteiger partial charge in [0.05, 0.1) is 49.4 Å². The maximum absolute atomic E-state index is 15.7. The van der Waals surface area contributed by atoms with Crippen molar-refractivity contribution in [2.24, 2.45) is 5.92 Å². The molecule has 7 heterocycles. The number of benzene rings is 6. The molecule has 5 saturated heterocycles. The van der Waals surface area contributed by atoms with Crippen molar-refractivity contribution in [3.8, 4) is 46.0 Å². The molecule has 10 atom stereocenters. The van der Waals surface area contributed by atoms with Crippen molar-refractivity contribution in [2.75, 3.05) is 46.1 Å². The number of hydrogen-bond donors (Lipinski definition) is 1. The summed E-state index contributed by atoms with van der Waals surface area (Å²) < 4.78 is 96.8. The van der Waals surface area contributed by atoms with Crippen LogP contribution in [0.1, 0.15) is 164 Å². The Morgan fingerprint density at radius 2 is 0.874 bits per heavy atom. The van der Waals surface area contributed by atoms with E-state index in [0.29, 0.717) is 79.6 Å². The Bertz CT molecular complexity index is 3270. The zero-order valence-electron chi connectivity index (χ0n) is 49.4. The van der Waals surface area contributed by atoms with Crippen LogP contribution in [0.5, 0.6) is 46.0 Å². The summed E-state index contributed by atoms with van der Waals surface area (Å²) in [6.07, 6.45) is 9.43. The van der Waals surface area contributed by atoms with Crippen molar-refractivity contribution in [1.29, 1.82) is 0 Å². The highest BCUT2D eigenvalue weighted by atomic mass is 19.1. The second kappa shape index (κ2) is 27.8. The van der Waals surface area contributed by atoms with E-state index in [4.69, 9.17) is 52.1 Å². The molecule has 0 amide bonds. The van der Waals surface area contributed by atoms with Gasteiger partial charge < -0.3 is 57.2 Å². The van der Waals surface area contributed by atoms with Crippen LogP contribution in [0.25, 0.3) is 0 Å². The monoisotopic (exact) mass is 1190 g/mol. The number of ketones is 2. The second-order valence-corrected chi connectivity index (χ2v) is 23.8. The van der Waals surface area contributed by atoms with Crippen LogP contribution in [0.3, 0.4) is 0 Å². The zero-order valence-corrected chi connectivity index (χ0v) is 49.4. The summed E-state index contributed by atoms with van der Waals surface area (Å²) in [5, 5.41) is 9.83. The molecular formula is C70H77F2NO14. The first kappa shape index (κ1) is 60.0. The van der Waals surface area contributed by atoms with Crippen LogP contribution in [-0.2, 0) is 18.9 Å². The highest BCUT2D eigenvalue weighted by molar-refractivity contribution is 6.06. The molecule has 17 heteroatoms. The summed E-state index contributed by atoms with van der Waals surface area (Å²) in [5.41, 5.74) is 2.64. The zero-order chi connectivity index (χ0) is 59.8. The number of hydrogen-bond acceptors (Lipinski definition) is 15. The van der Waals surface area contributed by atoms with Crippen LogP contribution >= 0.6 is 0 Å². The fourth-order valence-corrected chi connectivity index (χ4v) is 12.5. The summed E-state index contributed by atoms with van der Waals surface area (Å²) >= 11 is 0. The molecule has 0 saturated carbocycles. The Morgan fingerprint density at radius 1 is 0.494 bits per heavy atom. The maximum Gasteiger partial charge on any atom is 0.199 e. The molecule has 0 radical (unpaired) electrons. The van der Waals surface area contributed by atoms with Gasteiger partial charge in [0, 0.05) is 62.5 Å². The first-order valence-corrected chi connectivity index (χ1v) is 31.1. The molecule has 7 aliphatic rings. The summed E-state index contributed by atoms with van der Waals surface area (Å²) in [5.74, 6) is -0.0599. The van der Waals surface area contributed by atoms with Gasteiger partial charge in [-0.2, -0.15) is 0 Å². The molecule has 87 heavy (non-hydrogen) atoms. The van der Waals surface area contributed by atoms with Crippen molar-refractivity contribution in [2.45, 2.75) is 153 Å². The van der Waals surface area contributed by atoms with Gasteiger partial charge in [-0.05, 0) is 148 Å². The molecule has 6 aromatic rings. The molecule has 13 rings (SSSR count). The third kappa shape index (κ3) is 14.5. The molecule has 6 aromatic carbocycles. The van der Waals surface area contributed by atoms with Gasteiger partial charge in [0.1, 0.15) is 76.4 Å². The average molecular weight is 1190 g/mol. The summed E-state index contributed by atoms with van der Waals surface area (Å²) in [6.45, 7) is 9.84. The van der Waals surface area contributed by atoms with E-state index in [1.807, 2.05) is 48.5 Å². The fourth-order valence-electron chi connectivity index (χ4n) is 12.5. The van der Waals surface area contributed by atoms with Gasteiger partial charge in [-0.15, -0.1) is 0 Å². The first-order valence-electron chi connectivity index (χ1n) is 31.1. The van der Waals surface area contributed by atoms with Gasteiger partial charge >= 0.3 is 0 Å². The van der Waals surface area contributed by atoms with Crippen LogP contribution in [0.2, 0.25) is 0 Å². The Labute approximate surface area is 507 Å². The highest BCUT2D eigenvalue weighted by Crippen LogP contribution is 2.49. The smallest absolute Gasteiger partial charge is 0.199 e. The lowest BCUT2D eigenvalue weighted by atomic mass is 9.81. The topological polar surface area (TPSA) is 159 Å². The number of halogens is 2. The predicted octanol–water partition coefficient (Wildman–Crippen LogP) is 14.3. The van der Waals surface area contributed by atoms with E-state index in [2.05, 4.69) is 18.7 Å². The normalized spacial score (nSPS) is 25.9. The van der Waals surface area contributed by atoms with Gasteiger partial charge in [0.15, 0.2) is 36.7 Å². The molecule has 7 aliphatic heterocycles. The van der Waals surface area contributed by atoms with Gasteiger partial charge in [-0.25, -0.2) is 8.78 Å². The third-order valence-corrected chi connectivity index (χ3v) is 17.3. The quantitative estimate of drug-likeness (QED) is 0.0975. The van der Waals surface area contributed by atoms with E-state index in [1.54, 1.807) is 48.5 Å². The predicted molar refractivity (Wildman–Crippen MR) is 318 cm³/mol. The first-order chi connectivity index (χ1) is 42.5. The van der Waals surface area contributed by atoms with Gasteiger partial charge in [0.25, 0.3) is 0 Å². The highest BCUT2D eigenvalue weighted by Gasteiger charge is 2.44. The molecular weight excluding hydrogens is 1120 g/mol. The van der Waals surface area contributed by atoms with E-state index in [9.17, 15) is 14.7 Å². The summed E-state index contributed by atoms with van der Waals surface area (Å²) in [6, 6.07) is 34.7. The standard InChI is InChI=1S/C39H46FNO7.C31H31FO7/c1-25-17-18-41(23-25)26(2)24-45-29-13-11-28(12-14-29)39-36(27-9-15-30(16-10-27)46-34-7-3-5-19-43-34)38(42)37-32(40)21-31(22-33(37)48-39)47-35-8-4-6-20-44-35;32-24-17-23(38-27-6-2-4-16-36-27)18-25-29(24)30(34)28(31(39-25)20-7-11-21(33)12-8-20)19-9-13-22(14-10-19)37-26-5-1-3-15-35-26/h9-16,21-22,25-26,34-36,39H,3-8,17-20,23-24H2,1-2H3;7-14,17-18,26-28,31,33H,1-6,15-16H2/t25-,26+,34?,35?,36?,39?;/m1./s1. The van der Waals surface area contributed by atoms with Crippen LogP contribution < -0.4 is 33.2 Å². The van der Waals surface area contributed by atoms with Crippen LogP contribution in [0, 0.1) is 17.6 Å². The number of Topliss-reactive ketones (excluding diaryl/α,β-unsaturated/α-hetero) is 2. The van der Waals surface area contributed by atoms with E-state index in [0.717, 1.165) is 95.0 Å². The number of fused-ring (bicyclic) bond motifs is 2. The molecule has 0 bridgehead atoms. The van der Waals surface area contributed by atoms with Crippen molar-refractivity contribution in [3.05, 3.63) is 166 Å². The number of aromatic hydroxyl groups is 1. The van der Waals surface area contributed by atoms with Crippen LogP contribution in [-0.4, -0.2) is 98.9 Å². The molecule has 460 valence electrons. The number of likely N-dealkylation sites (tertiary alicyclic amines) is 1. The van der Waals surface area contributed by atoms with E-state index in [1.165, 1.54) is 30.7 Å². The molecule has 0 aromatic heterocycles. The minimum Gasteiger partial charge on any atom is -0.508 e. The van der Waals surface area contributed by atoms with Crippen molar-refractivity contribution in [3.63, 3.8) is 0 Å². The average Bonchev–Trinajstić information content (AvgIpc) is 1.31. The fraction of sp³-hybridized carbons (Fsp3) is 0.457. The molecule has 0 aliphatic carbocycles. The molecule has 0 spiro atoms. The van der Waals surface area contributed by atoms with Gasteiger partial charge in [0.2, 0.25) is 0 Å². The van der Waals surface area contributed by atoms with Crippen LogP contribution in [0.15, 0.2) is 121 Å². The SMILES string of the molecule is C[C@@H]1CCN([C@@H](C)COc2ccc(C3Oc4cc(OC5CCCCO5)cc(F)c4C(=O)C3c3ccc(OC4CCCCO4)cc3)cc2)C1.O=C1c2c(F)cc(OC3CCCCO3)cc2OC(c2ccc(O)cc2)C1c1ccc(OC2CCCCO2)cc1. The third-order valence-electron chi connectivity index (χ3n) is 17.3. The molecule has 15 nitrogen and oxygen atoms in total. The number of phenols is 1. The Kier molecular flexibility index (Phi) is 19.2. The number of rotatable bonds is 16. The van der Waals surface area contributed by atoms with Crippen molar-refractivity contribution < 1.29 is 75.6 Å². The minimum atomic E-state index is -0.815. The second-order valence-electron chi connectivity index (χ2n) is 23.8. The van der Waals surface area contributed by atoms with Crippen molar-refractivity contribution in [1.82, 2.24) is 4.90 Å². The number of nitrogens with zero attached hydrogens (tertiary/aromatic N) is 1. The van der Waals surface area contributed by atoms with Gasteiger partial charge in [-0.1, -0.05) is 55.5 Å². The summed E-state index contributed by atoms with van der Waals surface area (Å²) in [4.78, 5) is 30.6.